The van der Waals surface area contributed by atoms with Gasteiger partial charge in [-0.15, -0.1) is 0 Å². The Morgan fingerprint density at radius 2 is 1.13 bits per heavy atom. The van der Waals surface area contributed by atoms with E-state index in [0.29, 0.717) is 0 Å². The van der Waals surface area contributed by atoms with Crippen molar-refractivity contribution < 1.29 is 4.74 Å². The van der Waals surface area contributed by atoms with Crippen molar-refractivity contribution in [2.75, 3.05) is 6.61 Å². The lowest BCUT2D eigenvalue weighted by Gasteiger charge is -2.15. The van der Waals surface area contributed by atoms with E-state index < -0.39 is 0 Å². The van der Waals surface area contributed by atoms with Crippen LogP contribution in [0, 0.1) is 0 Å². The van der Waals surface area contributed by atoms with E-state index in [-0.39, 0.29) is 6.10 Å². The highest BCUT2D eigenvalue weighted by atomic mass is 16.5. The molecule has 158 valence electrons. The molecule has 0 saturated heterocycles. The molecule has 1 nitrogen and oxygen atoms in total. The van der Waals surface area contributed by atoms with E-state index in [0.717, 1.165) is 6.61 Å². The summed E-state index contributed by atoms with van der Waals surface area (Å²) in [6, 6.07) is 28.1. The Kier molecular flexibility index (Phi) is 9.18. The fourth-order valence-electron chi connectivity index (χ4n) is 3.95. The highest BCUT2D eigenvalue weighted by molar-refractivity contribution is 5.83. The second-order valence-corrected chi connectivity index (χ2v) is 8.17. The lowest BCUT2D eigenvalue weighted by molar-refractivity contribution is 0.0627. The molecule has 1 unspecified atom stereocenters. The number of hydrogen-bond acceptors (Lipinski definition) is 1. The van der Waals surface area contributed by atoms with Gasteiger partial charge in [0.15, 0.2) is 0 Å². The van der Waals surface area contributed by atoms with Crippen LogP contribution in [0.5, 0.6) is 0 Å². The zero-order chi connectivity index (χ0) is 21.0. The summed E-state index contributed by atoms with van der Waals surface area (Å²) in [5.74, 6) is 0. The zero-order valence-corrected chi connectivity index (χ0v) is 18.6. The maximum absolute atomic E-state index is 6.09. The molecule has 0 amide bonds. The van der Waals surface area contributed by atoms with Gasteiger partial charge >= 0.3 is 0 Å². The number of unbranched alkanes of at least 4 members (excludes halogenated alkanes) is 6. The van der Waals surface area contributed by atoms with Crippen LogP contribution in [0.3, 0.4) is 0 Å². The number of benzene rings is 3. The van der Waals surface area contributed by atoms with Crippen LogP contribution in [0.4, 0.5) is 0 Å². The van der Waals surface area contributed by atoms with Gasteiger partial charge in [0.1, 0.15) is 0 Å². The van der Waals surface area contributed by atoms with Crippen LogP contribution >= 0.6 is 0 Å². The van der Waals surface area contributed by atoms with Crippen LogP contribution in [-0.4, -0.2) is 6.61 Å². The molecule has 0 aromatic heterocycles. The fraction of sp³-hybridized carbons (Fsp3) is 0.379. The SMILES string of the molecule is CCCCCCCCCOC(C)c1ccc(-c2ccccc2-c2ccccc2)cc1. The Labute approximate surface area is 183 Å². The first-order valence-electron chi connectivity index (χ1n) is 11.7. The van der Waals surface area contributed by atoms with Gasteiger partial charge in [-0.3, -0.25) is 0 Å². The number of ether oxygens (including phenoxy) is 1. The molecule has 1 atom stereocenters. The second kappa shape index (κ2) is 12.3. The molecule has 0 saturated carbocycles. The summed E-state index contributed by atoms with van der Waals surface area (Å²) >= 11 is 0. The van der Waals surface area contributed by atoms with E-state index >= 15 is 0 Å². The molecule has 0 radical (unpaired) electrons. The standard InChI is InChI=1S/C29H36O/c1-3-4-5-6-7-8-14-23-30-24(2)25-19-21-27(22-20-25)29-18-13-12-17-28(29)26-15-10-9-11-16-26/h9-13,15-22,24H,3-8,14,23H2,1-2H3. The van der Waals surface area contributed by atoms with Crippen LogP contribution in [0.15, 0.2) is 78.9 Å². The summed E-state index contributed by atoms with van der Waals surface area (Å²) in [5, 5.41) is 0. The van der Waals surface area contributed by atoms with Gasteiger partial charge in [-0.2, -0.15) is 0 Å². The average Bonchev–Trinajstić information content (AvgIpc) is 2.81. The normalized spacial score (nSPS) is 12.1. The molecule has 0 heterocycles. The highest BCUT2D eigenvalue weighted by Crippen LogP contribution is 2.32. The van der Waals surface area contributed by atoms with Crippen molar-refractivity contribution in [3.63, 3.8) is 0 Å². The maximum atomic E-state index is 6.09. The van der Waals surface area contributed by atoms with Crippen LogP contribution in [-0.2, 0) is 4.74 Å². The van der Waals surface area contributed by atoms with Gasteiger partial charge in [-0.1, -0.05) is 124 Å². The average molecular weight is 401 g/mol. The van der Waals surface area contributed by atoms with Crippen molar-refractivity contribution in [1.82, 2.24) is 0 Å². The van der Waals surface area contributed by atoms with Crippen molar-refractivity contribution in [2.45, 2.75) is 64.9 Å². The van der Waals surface area contributed by atoms with Crippen LogP contribution < -0.4 is 0 Å². The van der Waals surface area contributed by atoms with E-state index in [4.69, 9.17) is 4.74 Å². The third kappa shape index (κ3) is 6.57. The molecule has 3 aromatic rings. The first kappa shape index (κ1) is 22.3. The summed E-state index contributed by atoms with van der Waals surface area (Å²) in [7, 11) is 0. The minimum absolute atomic E-state index is 0.142. The monoisotopic (exact) mass is 400 g/mol. The first-order chi connectivity index (χ1) is 14.8. The van der Waals surface area contributed by atoms with Gasteiger partial charge in [-0.25, -0.2) is 0 Å². The van der Waals surface area contributed by atoms with Gasteiger partial charge < -0.3 is 4.74 Å². The fourth-order valence-corrected chi connectivity index (χ4v) is 3.95. The summed E-state index contributed by atoms with van der Waals surface area (Å²) in [6.07, 6.45) is 9.38. The molecule has 0 aliphatic heterocycles. The largest absolute Gasteiger partial charge is 0.374 e. The summed E-state index contributed by atoms with van der Waals surface area (Å²) in [5.41, 5.74) is 6.29. The van der Waals surface area contributed by atoms with Crippen LogP contribution in [0.25, 0.3) is 22.3 Å². The molecule has 0 aliphatic carbocycles. The van der Waals surface area contributed by atoms with Crippen molar-refractivity contribution >= 4 is 0 Å². The van der Waals surface area contributed by atoms with Crippen molar-refractivity contribution in [2.24, 2.45) is 0 Å². The van der Waals surface area contributed by atoms with E-state index in [1.54, 1.807) is 0 Å². The number of rotatable bonds is 12. The Balaban J connectivity index is 1.54. The molecule has 0 bridgehead atoms. The lowest BCUT2D eigenvalue weighted by atomic mass is 9.94. The molecule has 0 spiro atoms. The van der Waals surface area contributed by atoms with E-state index in [1.165, 1.54) is 72.8 Å². The van der Waals surface area contributed by atoms with Crippen molar-refractivity contribution in [1.29, 1.82) is 0 Å². The van der Waals surface area contributed by atoms with Gasteiger partial charge in [-0.05, 0) is 41.2 Å². The third-order valence-electron chi connectivity index (χ3n) is 5.82. The molecule has 30 heavy (non-hydrogen) atoms. The quantitative estimate of drug-likeness (QED) is 0.276. The second-order valence-electron chi connectivity index (χ2n) is 8.17. The maximum Gasteiger partial charge on any atom is 0.0796 e. The minimum atomic E-state index is 0.142. The molecular formula is C29H36O. The van der Waals surface area contributed by atoms with Gasteiger partial charge in [0.25, 0.3) is 0 Å². The van der Waals surface area contributed by atoms with E-state index in [2.05, 4.69) is 92.7 Å². The van der Waals surface area contributed by atoms with Gasteiger partial charge in [0.2, 0.25) is 0 Å². The Morgan fingerprint density at radius 3 is 1.77 bits per heavy atom. The van der Waals surface area contributed by atoms with Gasteiger partial charge in [0, 0.05) is 6.61 Å². The molecule has 0 N–H and O–H groups in total. The molecule has 1 heteroatoms. The molecule has 3 rings (SSSR count). The van der Waals surface area contributed by atoms with Crippen molar-refractivity contribution in [3.05, 3.63) is 84.4 Å². The predicted octanol–water partition coefficient (Wildman–Crippen LogP) is 8.85. The van der Waals surface area contributed by atoms with E-state index in [9.17, 15) is 0 Å². The topological polar surface area (TPSA) is 9.23 Å². The predicted molar refractivity (Wildman–Crippen MR) is 130 cm³/mol. The minimum Gasteiger partial charge on any atom is -0.374 e. The summed E-state index contributed by atoms with van der Waals surface area (Å²) in [4.78, 5) is 0. The Bertz CT molecular complexity index is 851. The number of hydrogen-bond donors (Lipinski definition) is 0. The molecule has 0 aliphatic rings. The van der Waals surface area contributed by atoms with Crippen LogP contribution in [0.1, 0.15) is 70.5 Å². The first-order valence-corrected chi connectivity index (χ1v) is 11.7. The Morgan fingerprint density at radius 1 is 0.600 bits per heavy atom. The third-order valence-corrected chi connectivity index (χ3v) is 5.82. The van der Waals surface area contributed by atoms with Crippen molar-refractivity contribution in [3.8, 4) is 22.3 Å². The lowest BCUT2D eigenvalue weighted by Crippen LogP contribution is -2.02. The van der Waals surface area contributed by atoms with Gasteiger partial charge in [0.05, 0.1) is 6.10 Å². The Hall–Kier alpha value is -2.38. The zero-order valence-electron chi connectivity index (χ0n) is 18.6. The smallest absolute Gasteiger partial charge is 0.0796 e. The molecule has 0 fully saturated rings. The summed E-state index contributed by atoms with van der Waals surface area (Å²) < 4.78 is 6.09. The van der Waals surface area contributed by atoms with E-state index in [1.807, 2.05) is 0 Å². The molecule has 3 aromatic carbocycles. The summed E-state index contributed by atoms with van der Waals surface area (Å²) in [6.45, 7) is 5.28. The highest BCUT2D eigenvalue weighted by Gasteiger charge is 2.09. The molecular weight excluding hydrogens is 364 g/mol. The van der Waals surface area contributed by atoms with Crippen LogP contribution in [0.2, 0.25) is 0 Å².